The molecule has 0 aromatic carbocycles. The number of unbranched alkanes of at least 4 members (excludes halogenated alkanes) is 1. The number of carbonyl (C=O) groups is 3. The number of nitrogens with one attached hydrogen (secondary N) is 3. The topological polar surface area (TPSA) is 165 Å². The number of nitrogens with two attached hydrogens (primary N) is 2. The molecule has 194 valence electrons. The second-order valence-corrected chi connectivity index (χ2v) is 9.31. The van der Waals surface area contributed by atoms with Crippen LogP contribution in [0.5, 0.6) is 0 Å². The van der Waals surface area contributed by atoms with Crippen molar-refractivity contribution < 1.29 is 14.4 Å². The van der Waals surface area contributed by atoms with E-state index in [9.17, 15) is 14.4 Å². The molecule has 3 amide bonds. The van der Waals surface area contributed by atoms with Crippen molar-refractivity contribution in [2.24, 2.45) is 28.3 Å². The molecule has 35 heavy (non-hydrogen) atoms. The second kappa shape index (κ2) is 16.2. The maximum atomic E-state index is 13.1. The zero-order chi connectivity index (χ0) is 26.2. The van der Waals surface area contributed by atoms with Gasteiger partial charge in [-0.1, -0.05) is 33.8 Å². The van der Waals surface area contributed by atoms with Crippen LogP contribution in [0.3, 0.4) is 0 Å². The molecule has 0 aliphatic rings. The Balaban J connectivity index is 2.74. The first-order valence-electron chi connectivity index (χ1n) is 12.1. The quantitative estimate of drug-likeness (QED) is 0.108. The number of rotatable bonds is 15. The summed E-state index contributed by atoms with van der Waals surface area (Å²) in [6.07, 6.45) is 8.66. The average molecular weight is 488 g/mol. The van der Waals surface area contributed by atoms with Gasteiger partial charge in [-0.2, -0.15) is 0 Å². The number of hydrogen-bond acceptors (Lipinski definition) is 5. The largest absolute Gasteiger partial charge is 0.370 e. The lowest BCUT2D eigenvalue weighted by Gasteiger charge is -2.25. The molecule has 0 aliphatic carbocycles. The van der Waals surface area contributed by atoms with Gasteiger partial charge in [-0.15, -0.1) is 0 Å². The van der Waals surface area contributed by atoms with Crippen molar-refractivity contribution in [1.29, 1.82) is 0 Å². The van der Waals surface area contributed by atoms with Gasteiger partial charge in [0, 0.05) is 31.6 Å². The van der Waals surface area contributed by atoms with E-state index < -0.39 is 12.1 Å². The smallest absolute Gasteiger partial charge is 0.244 e. The van der Waals surface area contributed by atoms with Crippen LogP contribution in [0.15, 0.2) is 35.6 Å². The highest BCUT2D eigenvalue weighted by atomic mass is 16.2. The molecule has 1 rings (SSSR count). The summed E-state index contributed by atoms with van der Waals surface area (Å²) in [7, 11) is 0. The minimum atomic E-state index is -0.761. The lowest BCUT2D eigenvalue weighted by Crippen LogP contribution is -2.54. The van der Waals surface area contributed by atoms with E-state index >= 15 is 0 Å². The molecule has 1 aromatic rings. The molecule has 10 heteroatoms. The van der Waals surface area contributed by atoms with Crippen LogP contribution in [0.4, 0.5) is 0 Å². The number of carbonyl (C=O) groups excluding carboxylic acids is 3. The normalized spacial score (nSPS) is 12.9. The fraction of sp³-hybridized carbons (Fsp3) is 0.560. The van der Waals surface area contributed by atoms with Gasteiger partial charge in [0.1, 0.15) is 12.1 Å². The second-order valence-electron chi connectivity index (χ2n) is 9.31. The molecular weight excluding hydrogens is 446 g/mol. The maximum absolute atomic E-state index is 13.1. The Labute approximate surface area is 208 Å². The number of hydrogen-bond donors (Lipinski definition) is 5. The molecule has 0 spiro atoms. The monoisotopic (exact) mass is 487 g/mol. The van der Waals surface area contributed by atoms with E-state index in [1.807, 2.05) is 33.8 Å². The van der Waals surface area contributed by atoms with Crippen molar-refractivity contribution >= 4 is 29.8 Å². The third-order valence-electron chi connectivity index (χ3n) is 4.97. The SMILES string of the molecule is CC(C)CC(NC(=O)/C=C/c1cccnc1)C(=O)NC(CC(C)C)C(=O)NCCCCN=C(N)N. The molecule has 1 heterocycles. The maximum Gasteiger partial charge on any atom is 0.244 e. The van der Waals surface area contributed by atoms with E-state index in [0.29, 0.717) is 32.4 Å². The molecule has 1 aromatic heterocycles. The molecule has 0 saturated carbocycles. The van der Waals surface area contributed by atoms with Crippen LogP contribution in [0.1, 0.15) is 58.9 Å². The van der Waals surface area contributed by atoms with Crippen LogP contribution in [0, 0.1) is 11.8 Å². The van der Waals surface area contributed by atoms with Crippen molar-refractivity contribution in [3.05, 3.63) is 36.2 Å². The van der Waals surface area contributed by atoms with Crippen LogP contribution in [0.2, 0.25) is 0 Å². The van der Waals surface area contributed by atoms with Crippen molar-refractivity contribution in [3.63, 3.8) is 0 Å². The summed E-state index contributed by atoms with van der Waals surface area (Å²) in [5.41, 5.74) is 11.4. The average Bonchev–Trinajstić information content (AvgIpc) is 2.78. The molecule has 7 N–H and O–H groups in total. The van der Waals surface area contributed by atoms with E-state index in [1.54, 1.807) is 24.5 Å². The van der Waals surface area contributed by atoms with Gasteiger partial charge in [-0.3, -0.25) is 24.4 Å². The highest BCUT2D eigenvalue weighted by Gasteiger charge is 2.27. The van der Waals surface area contributed by atoms with Gasteiger partial charge in [0.15, 0.2) is 5.96 Å². The third-order valence-corrected chi connectivity index (χ3v) is 4.97. The third kappa shape index (κ3) is 13.8. The lowest BCUT2D eigenvalue weighted by atomic mass is 10.00. The Kier molecular flexibility index (Phi) is 13.7. The van der Waals surface area contributed by atoms with Crippen LogP contribution in [-0.4, -0.2) is 53.8 Å². The predicted octanol–water partition coefficient (Wildman–Crippen LogP) is 1.33. The minimum Gasteiger partial charge on any atom is -0.370 e. The van der Waals surface area contributed by atoms with E-state index in [-0.39, 0.29) is 35.5 Å². The van der Waals surface area contributed by atoms with Gasteiger partial charge in [0.05, 0.1) is 0 Å². The standard InChI is InChI=1S/C25H41N7O3/c1-17(2)14-20(23(34)29-12-5-6-13-30-25(26)27)32-24(35)21(15-18(3)4)31-22(33)10-9-19-8-7-11-28-16-19/h7-11,16-18,20-21H,5-6,12-15H2,1-4H3,(H,29,34)(H,31,33)(H,32,35)(H4,26,27,30)/b10-9+. The molecular formula is C25H41N7O3. The van der Waals surface area contributed by atoms with Crippen molar-refractivity contribution in [2.75, 3.05) is 13.1 Å². The highest BCUT2D eigenvalue weighted by Crippen LogP contribution is 2.09. The van der Waals surface area contributed by atoms with Gasteiger partial charge in [0.25, 0.3) is 0 Å². The summed E-state index contributed by atoms with van der Waals surface area (Å²) in [6.45, 7) is 8.86. The van der Waals surface area contributed by atoms with Gasteiger partial charge in [-0.25, -0.2) is 0 Å². The predicted molar refractivity (Wildman–Crippen MR) is 139 cm³/mol. The number of nitrogens with zero attached hydrogens (tertiary/aromatic N) is 2. The molecule has 10 nitrogen and oxygen atoms in total. The summed E-state index contributed by atoms with van der Waals surface area (Å²) in [5.74, 6) is -0.621. The number of amides is 3. The van der Waals surface area contributed by atoms with E-state index in [2.05, 4.69) is 25.9 Å². The first-order valence-corrected chi connectivity index (χ1v) is 12.1. The summed E-state index contributed by atoms with van der Waals surface area (Å²) in [6, 6.07) is 2.14. The Morgan fingerprint density at radius 2 is 1.66 bits per heavy atom. The number of aromatic nitrogens is 1. The number of guanidine groups is 1. The van der Waals surface area contributed by atoms with E-state index in [0.717, 1.165) is 12.0 Å². The summed E-state index contributed by atoms with van der Waals surface area (Å²) in [4.78, 5) is 46.3. The molecule has 0 saturated heterocycles. The first-order chi connectivity index (χ1) is 16.6. The molecule has 0 radical (unpaired) electrons. The van der Waals surface area contributed by atoms with Crippen molar-refractivity contribution in [1.82, 2.24) is 20.9 Å². The molecule has 2 atom stereocenters. The Morgan fingerprint density at radius 1 is 1.00 bits per heavy atom. The van der Waals surface area contributed by atoms with E-state index in [1.165, 1.54) is 6.08 Å². The highest BCUT2D eigenvalue weighted by molar-refractivity contribution is 5.96. The van der Waals surface area contributed by atoms with Crippen LogP contribution in [-0.2, 0) is 14.4 Å². The Morgan fingerprint density at radius 3 is 2.23 bits per heavy atom. The molecule has 0 fully saturated rings. The fourth-order valence-electron chi connectivity index (χ4n) is 3.32. The van der Waals surface area contributed by atoms with Crippen LogP contribution >= 0.6 is 0 Å². The van der Waals surface area contributed by atoms with Gasteiger partial charge < -0.3 is 27.4 Å². The summed E-state index contributed by atoms with van der Waals surface area (Å²) >= 11 is 0. The molecule has 0 bridgehead atoms. The zero-order valence-electron chi connectivity index (χ0n) is 21.3. The number of pyridine rings is 1. The van der Waals surface area contributed by atoms with Crippen molar-refractivity contribution in [3.8, 4) is 0 Å². The number of aliphatic imine (C=N–C) groups is 1. The van der Waals surface area contributed by atoms with Gasteiger partial charge in [0.2, 0.25) is 17.7 Å². The Bertz CT molecular complexity index is 850. The minimum absolute atomic E-state index is 0.0457. The molecule has 2 unspecified atom stereocenters. The van der Waals surface area contributed by atoms with Crippen LogP contribution < -0.4 is 27.4 Å². The van der Waals surface area contributed by atoms with E-state index in [4.69, 9.17) is 11.5 Å². The lowest BCUT2D eigenvalue weighted by molar-refractivity contribution is -0.131. The van der Waals surface area contributed by atoms with Gasteiger partial charge >= 0.3 is 0 Å². The Hall–Kier alpha value is -3.43. The zero-order valence-corrected chi connectivity index (χ0v) is 21.3. The van der Waals surface area contributed by atoms with Gasteiger partial charge in [-0.05, 0) is 55.2 Å². The van der Waals surface area contributed by atoms with Crippen LogP contribution in [0.25, 0.3) is 6.08 Å². The fourth-order valence-corrected chi connectivity index (χ4v) is 3.32. The summed E-state index contributed by atoms with van der Waals surface area (Å²) in [5, 5.41) is 8.49. The molecule has 0 aliphatic heterocycles. The first kappa shape index (κ1) is 29.6. The summed E-state index contributed by atoms with van der Waals surface area (Å²) < 4.78 is 0. The van der Waals surface area contributed by atoms with Crippen molar-refractivity contribution in [2.45, 2.75) is 65.5 Å².